The molecule has 0 saturated heterocycles. The first-order valence-corrected chi connectivity index (χ1v) is 11.7. The predicted molar refractivity (Wildman–Crippen MR) is 109 cm³/mol. The molecule has 0 spiro atoms. The zero-order chi connectivity index (χ0) is 20.3. The number of aliphatic hydroxyl groups is 2. The van der Waals surface area contributed by atoms with Gasteiger partial charge in [-0.05, 0) is 104 Å². The smallest absolute Gasteiger partial charge is 0.303 e. The van der Waals surface area contributed by atoms with Crippen LogP contribution in [-0.2, 0) is 4.79 Å². The van der Waals surface area contributed by atoms with Crippen molar-refractivity contribution in [3.63, 3.8) is 0 Å². The molecule has 4 aliphatic carbocycles. The molecule has 4 fully saturated rings. The van der Waals surface area contributed by atoms with Gasteiger partial charge in [-0.2, -0.15) is 0 Å². The maximum Gasteiger partial charge on any atom is 0.303 e. The molecule has 0 aromatic rings. The highest BCUT2D eigenvalue weighted by Gasteiger charge is 2.62. The van der Waals surface area contributed by atoms with Gasteiger partial charge in [-0.15, -0.1) is 0 Å². The van der Waals surface area contributed by atoms with Gasteiger partial charge in [-0.3, -0.25) is 4.79 Å². The Kier molecular flexibility index (Phi) is 5.36. The van der Waals surface area contributed by atoms with Crippen LogP contribution in [0.4, 0.5) is 0 Å². The number of carbonyl (C=O) groups is 1. The lowest BCUT2D eigenvalue weighted by molar-refractivity contribution is -0.174. The molecule has 4 saturated carbocycles. The molecule has 3 N–H and O–H groups in total. The fourth-order valence-electron chi connectivity index (χ4n) is 8.73. The summed E-state index contributed by atoms with van der Waals surface area (Å²) in [6.45, 7) is 7.16. The van der Waals surface area contributed by atoms with Crippen molar-refractivity contribution in [2.45, 2.75) is 97.2 Å². The molecule has 0 heterocycles. The van der Waals surface area contributed by atoms with Crippen molar-refractivity contribution >= 4 is 5.97 Å². The van der Waals surface area contributed by atoms with E-state index in [1.165, 1.54) is 25.7 Å². The molecule has 4 rings (SSSR count). The molecule has 10 atom stereocenters. The average Bonchev–Trinajstić information content (AvgIpc) is 2.98. The van der Waals surface area contributed by atoms with Gasteiger partial charge in [0.1, 0.15) is 0 Å². The third-order valence-electron chi connectivity index (χ3n) is 10.2. The van der Waals surface area contributed by atoms with E-state index in [2.05, 4.69) is 20.8 Å². The molecule has 0 unspecified atom stereocenters. The van der Waals surface area contributed by atoms with E-state index in [9.17, 15) is 15.0 Å². The normalized spacial score (nSPS) is 51.7. The van der Waals surface area contributed by atoms with Gasteiger partial charge in [0, 0.05) is 6.42 Å². The molecule has 4 nitrogen and oxygen atoms in total. The maximum atomic E-state index is 11.2. The number of carboxylic acid groups (broad SMARTS) is 1. The highest BCUT2D eigenvalue weighted by molar-refractivity contribution is 5.66. The van der Waals surface area contributed by atoms with Crippen LogP contribution in [-0.4, -0.2) is 33.5 Å². The summed E-state index contributed by atoms with van der Waals surface area (Å²) in [5, 5.41) is 30.5. The van der Waals surface area contributed by atoms with Crippen molar-refractivity contribution in [3.8, 4) is 0 Å². The van der Waals surface area contributed by atoms with Crippen LogP contribution in [0.25, 0.3) is 0 Å². The van der Waals surface area contributed by atoms with E-state index in [-0.39, 0.29) is 29.5 Å². The molecule has 160 valence electrons. The second-order valence-corrected chi connectivity index (χ2v) is 11.4. The first kappa shape index (κ1) is 20.7. The third-order valence-corrected chi connectivity index (χ3v) is 10.2. The Morgan fingerprint density at radius 3 is 2.39 bits per heavy atom. The molecule has 4 heteroatoms. The number of rotatable bonds is 4. The van der Waals surface area contributed by atoms with Crippen LogP contribution in [0.1, 0.15) is 85.0 Å². The average molecular weight is 393 g/mol. The van der Waals surface area contributed by atoms with E-state index in [4.69, 9.17) is 5.11 Å². The summed E-state index contributed by atoms with van der Waals surface area (Å²) >= 11 is 0. The molecule has 0 aliphatic heterocycles. The first-order chi connectivity index (χ1) is 13.2. The Morgan fingerprint density at radius 1 is 1.00 bits per heavy atom. The zero-order valence-electron chi connectivity index (χ0n) is 17.9. The molecule has 28 heavy (non-hydrogen) atoms. The standard InChI is InChI=1S/C24H40O4/c1-14(4-7-21(27)28)17-5-6-18-22-19(9-11-24(17,18)3)23(2)10-8-16(25)12-15(23)13-20(22)26/h14-20,22,25-26H,4-13H2,1-3H3,(H,27,28)/t14-,15-,16+,17+,18-,19-,20+,22+,23-,24+/m0/s1. The molecular formula is C24H40O4. The summed E-state index contributed by atoms with van der Waals surface area (Å²) in [4.78, 5) is 11.1. The minimum Gasteiger partial charge on any atom is -0.481 e. The first-order valence-electron chi connectivity index (χ1n) is 11.7. The minimum absolute atomic E-state index is 0.179. The van der Waals surface area contributed by atoms with Gasteiger partial charge in [0.05, 0.1) is 12.2 Å². The number of fused-ring (bicyclic) bond motifs is 5. The van der Waals surface area contributed by atoms with Gasteiger partial charge in [0.2, 0.25) is 0 Å². The molecule has 0 bridgehead atoms. The van der Waals surface area contributed by atoms with Gasteiger partial charge in [0.15, 0.2) is 0 Å². The summed E-state index contributed by atoms with van der Waals surface area (Å²) in [5.41, 5.74) is 0.523. The topological polar surface area (TPSA) is 77.8 Å². The second kappa shape index (κ2) is 7.27. The monoisotopic (exact) mass is 392 g/mol. The molecule has 4 aliphatic rings. The van der Waals surface area contributed by atoms with E-state index in [0.717, 1.165) is 32.1 Å². The Morgan fingerprint density at radius 2 is 1.68 bits per heavy atom. The van der Waals surface area contributed by atoms with E-state index in [0.29, 0.717) is 35.5 Å². The van der Waals surface area contributed by atoms with Crippen LogP contribution >= 0.6 is 0 Å². The van der Waals surface area contributed by atoms with E-state index < -0.39 is 5.97 Å². The zero-order valence-corrected chi connectivity index (χ0v) is 17.9. The summed E-state index contributed by atoms with van der Waals surface area (Å²) in [5.74, 6) is 2.36. The van der Waals surface area contributed by atoms with Crippen LogP contribution in [0.15, 0.2) is 0 Å². The minimum atomic E-state index is -0.684. The van der Waals surface area contributed by atoms with Crippen LogP contribution in [0.2, 0.25) is 0 Å². The van der Waals surface area contributed by atoms with Gasteiger partial charge >= 0.3 is 5.97 Å². The maximum absolute atomic E-state index is 11.2. The molecule has 0 aromatic carbocycles. The van der Waals surface area contributed by atoms with Crippen LogP contribution < -0.4 is 0 Å². The second-order valence-electron chi connectivity index (χ2n) is 11.4. The Hall–Kier alpha value is -0.610. The number of aliphatic hydroxyl groups excluding tert-OH is 2. The van der Waals surface area contributed by atoms with Crippen LogP contribution in [0.3, 0.4) is 0 Å². The summed E-state index contributed by atoms with van der Waals surface area (Å²) in [7, 11) is 0. The predicted octanol–water partition coefficient (Wildman–Crippen LogP) is 4.48. The SMILES string of the molecule is C[C@@H](CCC(=O)O)[C@H]1CC[C@H]2[C@H]3[C@H](O)C[C@@H]4C[C@H](O)CC[C@]4(C)[C@H]3CC[C@]12C. The third kappa shape index (κ3) is 3.14. The van der Waals surface area contributed by atoms with Crippen LogP contribution in [0, 0.1) is 46.3 Å². The lowest BCUT2D eigenvalue weighted by Gasteiger charge is -2.62. The largest absolute Gasteiger partial charge is 0.481 e. The number of hydrogen-bond donors (Lipinski definition) is 3. The van der Waals surface area contributed by atoms with Crippen molar-refractivity contribution < 1.29 is 20.1 Å². The molecule has 0 radical (unpaired) electrons. The lowest BCUT2D eigenvalue weighted by atomic mass is 9.43. The van der Waals surface area contributed by atoms with E-state index in [1.807, 2.05) is 0 Å². The Balaban J connectivity index is 1.55. The van der Waals surface area contributed by atoms with Crippen molar-refractivity contribution in [1.29, 1.82) is 0 Å². The lowest BCUT2D eigenvalue weighted by Crippen LogP contribution is -2.58. The van der Waals surface area contributed by atoms with Crippen molar-refractivity contribution in [1.82, 2.24) is 0 Å². The Bertz CT molecular complexity index is 605. The molecular weight excluding hydrogens is 352 g/mol. The number of aliphatic carboxylic acids is 1. The number of carboxylic acids is 1. The van der Waals surface area contributed by atoms with Crippen LogP contribution in [0.5, 0.6) is 0 Å². The Labute approximate surface area is 170 Å². The van der Waals surface area contributed by atoms with E-state index in [1.54, 1.807) is 0 Å². The summed E-state index contributed by atoms with van der Waals surface area (Å²) < 4.78 is 0. The molecule has 0 amide bonds. The fourth-order valence-corrected chi connectivity index (χ4v) is 8.73. The highest BCUT2D eigenvalue weighted by atomic mass is 16.4. The quantitative estimate of drug-likeness (QED) is 0.659. The molecule has 0 aromatic heterocycles. The van der Waals surface area contributed by atoms with Gasteiger partial charge in [-0.1, -0.05) is 20.8 Å². The summed E-state index contributed by atoms with van der Waals surface area (Å²) in [6.07, 6.45) is 9.19. The highest BCUT2D eigenvalue weighted by Crippen LogP contribution is 2.68. The van der Waals surface area contributed by atoms with Gasteiger partial charge < -0.3 is 15.3 Å². The fraction of sp³-hybridized carbons (Fsp3) is 0.958. The van der Waals surface area contributed by atoms with Crippen molar-refractivity contribution in [2.75, 3.05) is 0 Å². The van der Waals surface area contributed by atoms with Gasteiger partial charge in [0.25, 0.3) is 0 Å². The van der Waals surface area contributed by atoms with E-state index >= 15 is 0 Å². The van der Waals surface area contributed by atoms with Crippen molar-refractivity contribution in [2.24, 2.45) is 46.3 Å². The number of hydrogen-bond acceptors (Lipinski definition) is 3. The van der Waals surface area contributed by atoms with Gasteiger partial charge in [-0.25, -0.2) is 0 Å². The van der Waals surface area contributed by atoms with Crippen molar-refractivity contribution in [3.05, 3.63) is 0 Å². The summed E-state index contributed by atoms with van der Waals surface area (Å²) in [6, 6.07) is 0.